The average molecular weight is 443 g/mol. The van der Waals surface area contributed by atoms with E-state index in [-0.39, 0.29) is 5.91 Å². The highest BCUT2D eigenvalue weighted by Gasteiger charge is 2.35. The van der Waals surface area contributed by atoms with Gasteiger partial charge in [-0.05, 0) is 50.2 Å². The Morgan fingerprint density at radius 3 is 2.45 bits per heavy atom. The number of imidazole rings is 1. The predicted molar refractivity (Wildman–Crippen MR) is 121 cm³/mol. The molecule has 0 aliphatic carbocycles. The maximum atomic E-state index is 13.1. The van der Waals surface area contributed by atoms with Crippen LogP contribution in [0.5, 0.6) is 11.5 Å². The summed E-state index contributed by atoms with van der Waals surface area (Å²) in [5, 5.41) is 0.635. The third-order valence-corrected chi connectivity index (χ3v) is 5.72. The molecule has 0 bridgehead atoms. The quantitative estimate of drug-likeness (QED) is 0.630. The highest BCUT2D eigenvalue weighted by molar-refractivity contribution is 6.30. The lowest BCUT2D eigenvalue weighted by Crippen LogP contribution is -2.55. The molecule has 0 saturated carbocycles. The van der Waals surface area contributed by atoms with Crippen LogP contribution < -0.4 is 9.47 Å². The molecule has 1 aromatic heterocycles. The molecular formula is C23H27ClN4O3. The van der Waals surface area contributed by atoms with Gasteiger partial charge in [0.2, 0.25) is 0 Å². The second-order valence-corrected chi connectivity index (χ2v) is 8.64. The first-order valence-electron chi connectivity index (χ1n) is 10.3. The summed E-state index contributed by atoms with van der Waals surface area (Å²) < 4.78 is 11.2. The third kappa shape index (κ3) is 4.94. The zero-order valence-corrected chi connectivity index (χ0v) is 18.8. The van der Waals surface area contributed by atoms with E-state index in [1.165, 1.54) is 0 Å². The van der Waals surface area contributed by atoms with Gasteiger partial charge < -0.3 is 19.4 Å². The molecule has 4 rings (SSSR count). The van der Waals surface area contributed by atoms with E-state index in [0.29, 0.717) is 30.4 Å². The Morgan fingerprint density at radius 2 is 1.77 bits per heavy atom. The number of piperazine rings is 1. The van der Waals surface area contributed by atoms with E-state index in [0.717, 1.165) is 35.7 Å². The van der Waals surface area contributed by atoms with Crippen molar-refractivity contribution in [2.75, 3.05) is 33.3 Å². The first-order valence-corrected chi connectivity index (χ1v) is 10.7. The fraction of sp³-hybridized carbons (Fsp3) is 0.391. The number of methoxy groups -OCH3 is 1. The third-order valence-electron chi connectivity index (χ3n) is 5.47. The van der Waals surface area contributed by atoms with E-state index >= 15 is 0 Å². The zero-order valence-electron chi connectivity index (χ0n) is 18.0. The molecule has 1 saturated heterocycles. The molecule has 2 heterocycles. The molecule has 1 aliphatic heterocycles. The molecule has 7 nitrogen and oxygen atoms in total. The molecule has 1 aliphatic rings. The van der Waals surface area contributed by atoms with Gasteiger partial charge in [0.15, 0.2) is 5.60 Å². The van der Waals surface area contributed by atoms with Crippen LogP contribution in [0.1, 0.15) is 19.7 Å². The molecule has 1 amide bonds. The Bertz CT molecular complexity index is 1060. The summed E-state index contributed by atoms with van der Waals surface area (Å²) in [5.74, 6) is 2.33. The summed E-state index contributed by atoms with van der Waals surface area (Å²) in [7, 11) is 1.65. The number of H-pyrrole nitrogens is 1. The number of amides is 1. The summed E-state index contributed by atoms with van der Waals surface area (Å²) >= 11 is 5.93. The first kappa shape index (κ1) is 21.5. The van der Waals surface area contributed by atoms with Crippen molar-refractivity contribution >= 4 is 28.5 Å². The summed E-state index contributed by atoms with van der Waals surface area (Å²) in [6.07, 6.45) is 0. The van der Waals surface area contributed by atoms with E-state index in [2.05, 4.69) is 14.9 Å². The number of benzene rings is 2. The second kappa shape index (κ2) is 8.77. The molecule has 164 valence electrons. The Kier molecular flexibility index (Phi) is 6.07. The summed E-state index contributed by atoms with van der Waals surface area (Å²) in [4.78, 5) is 25.3. The molecule has 31 heavy (non-hydrogen) atoms. The normalized spacial score (nSPS) is 15.3. The molecule has 1 N–H and O–H groups in total. The van der Waals surface area contributed by atoms with Crippen LogP contribution in [0.2, 0.25) is 5.02 Å². The number of carbonyl (C=O) groups excluding carboxylic acids is 1. The number of hydrogen-bond donors (Lipinski definition) is 1. The second-order valence-electron chi connectivity index (χ2n) is 8.20. The summed E-state index contributed by atoms with van der Waals surface area (Å²) in [6.45, 7) is 7.19. The van der Waals surface area contributed by atoms with E-state index in [9.17, 15) is 4.79 Å². The Balaban J connectivity index is 1.33. The predicted octanol–water partition coefficient (Wildman–Crippen LogP) is 3.73. The minimum atomic E-state index is -0.951. The van der Waals surface area contributed by atoms with Gasteiger partial charge in [-0.25, -0.2) is 4.98 Å². The van der Waals surface area contributed by atoms with Crippen LogP contribution in [-0.2, 0) is 11.3 Å². The molecular weight excluding hydrogens is 416 g/mol. The van der Waals surface area contributed by atoms with Crippen molar-refractivity contribution in [1.29, 1.82) is 0 Å². The Morgan fingerprint density at radius 1 is 1.10 bits per heavy atom. The number of fused-ring (bicyclic) bond motifs is 1. The van der Waals surface area contributed by atoms with E-state index < -0.39 is 5.60 Å². The highest BCUT2D eigenvalue weighted by atomic mass is 35.5. The van der Waals surface area contributed by atoms with Crippen molar-refractivity contribution < 1.29 is 14.3 Å². The largest absolute Gasteiger partial charge is 0.497 e. The number of nitrogens with zero attached hydrogens (tertiary/aromatic N) is 3. The summed E-state index contributed by atoms with van der Waals surface area (Å²) in [5.41, 5.74) is 0.934. The molecule has 0 atom stereocenters. The average Bonchev–Trinajstić information content (AvgIpc) is 3.16. The Labute approximate surface area is 186 Å². The Hall–Kier alpha value is -2.77. The van der Waals surface area contributed by atoms with Crippen LogP contribution in [0.3, 0.4) is 0 Å². The van der Waals surface area contributed by atoms with Gasteiger partial charge in [0.05, 0.1) is 24.7 Å². The molecule has 8 heteroatoms. The molecule has 0 radical (unpaired) electrons. The van der Waals surface area contributed by atoms with Gasteiger partial charge in [0.25, 0.3) is 5.91 Å². The molecule has 1 fully saturated rings. The number of ether oxygens (including phenoxy) is 2. The van der Waals surface area contributed by atoms with Crippen LogP contribution in [0.4, 0.5) is 0 Å². The highest BCUT2D eigenvalue weighted by Crippen LogP contribution is 2.23. The van der Waals surface area contributed by atoms with Gasteiger partial charge >= 0.3 is 0 Å². The van der Waals surface area contributed by atoms with Gasteiger partial charge in [-0.3, -0.25) is 9.69 Å². The van der Waals surface area contributed by atoms with Crippen molar-refractivity contribution in [3.8, 4) is 11.5 Å². The first-order chi connectivity index (χ1) is 14.8. The van der Waals surface area contributed by atoms with Crippen LogP contribution in [0.25, 0.3) is 11.0 Å². The lowest BCUT2D eigenvalue weighted by Gasteiger charge is -2.38. The van der Waals surface area contributed by atoms with Crippen LogP contribution in [0, 0.1) is 0 Å². The van der Waals surface area contributed by atoms with Gasteiger partial charge in [-0.2, -0.15) is 0 Å². The van der Waals surface area contributed by atoms with Gasteiger partial charge in [-0.1, -0.05) is 11.6 Å². The monoisotopic (exact) mass is 442 g/mol. The maximum absolute atomic E-state index is 13.1. The molecule has 0 unspecified atom stereocenters. The zero-order chi connectivity index (χ0) is 22.0. The number of nitrogens with one attached hydrogen (secondary N) is 1. The number of hydrogen-bond acceptors (Lipinski definition) is 5. The smallest absolute Gasteiger partial charge is 0.266 e. The SMILES string of the molecule is COc1ccc2nc(CN3CCN(C(=O)C(C)(C)Oc4ccc(Cl)cc4)CC3)[nH]c2c1. The van der Waals surface area contributed by atoms with E-state index in [1.54, 1.807) is 45.2 Å². The van der Waals surface area contributed by atoms with E-state index in [1.807, 2.05) is 23.1 Å². The minimum absolute atomic E-state index is 0.0158. The standard InChI is InChI=1S/C23H27ClN4O3/c1-23(2,31-17-6-4-16(24)5-7-17)22(29)28-12-10-27(11-13-28)15-21-25-19-9-8-18(30-3)14-20(19)26-21/h4-9,14H,10-13,15H2,1-3H3,(H,25,26). The fourth-order valence-electron chi connectivity index (χ4n) is 3.79. The lowest BCUT2D eigenvalue weighted by atomic mass is 10.1. The van der Waals surface area contributed by atoms with Crippen LogP contribution >= 0.6 is 11.6 Å². The number of carbonyl (C=O) groups is 1. The lowest BCUT2D eigenvalue weighted by molar-refractivity contribution is -0.147. The number of halogens is 1. The van der Waals surface area contributed by atoms with Gasteiger partial charge in [0, 0.05) is 37.3 Å². The molecule has 3 aromatic rings. The van der Waals surface area contributed by atoms with Gasteiger partial charge in [-0.15, -0.1) is 0 Å². The molecule has 2 aromatic carbocycles. The maximum Gasteiger partial charge on any atom is 0.266 e. The fourth-order valence-corrected chi connectivity index (χ4v) is 3.91. The van der Waals surface area contributed by atoms with Crippen molar-refractivity contribution in [1.82, 2.24) is 19.8 Å². The van der Waals surface area contributed by atoms with Crippen molar-refractivity contribution in [2.45, 2.75) is 26.0 Å². The van der Waals surface area contributed by atoms with Gasteiger partial charge in [0.1, 0.15) is 17.3 Å². The number of aromatic nitrogens is 2. The topological polar surface area (TPSA) is 70.7 Å². The van der Waals surface area contributed by atoms with Crippen molar-refractivity contribution in [3.05, 3.63) is 53.3 Å². The van der Waals surface area contributed by atoms with Crippen molar-refractivity contribution in [3.63, 3.8) is 0 Å². The number of aromatic amines is 1. The van der Waals surface area contributed by atoms with E-state index in [4.69, 9.17) is 21.1 Å². The minimum Gasteiger partial charge on any atom is -0.497 e. The number of rotatable bonds is 6. The van der Waals surface area contributed by atoms with Crippen molar-refractivity contribution in [2.24, 2.45) is 0 Å². The molecule has 0 spiro atoms. The van der Waals surface area contributed by atoms with Crippen LogP contribution in [0.15, 0.2) is 42.5 Å². The van der Waals surface area contributed by atoms with Crippen LogP contribution in [-0.4, -0.2) is 64.6 Å². The summed E-state index contributed by atoms with van der Waals surface area (Å²) in [6, 6.07) is 12.9.